The van der Waals surface area contributed by atoms with Crippen LogP contribution in [-0.4, -0.2) is 30.4 Å². The summed E-state index contributed by atoms with van der Waals surface area (Å²) in [6.07, 6.45) is 3.98. The van der Waals surface area contributed by atoms with Crippen LogP contribution in [0.15, 0.2) is 29.2 Å². The maximum atomic E-state index is 12.0. The Labute approximate surface area is 106 Å². The van der Waals surface area contributed by atoms with Crippen molar-refractivity contribution in [3.63, 3.8) is 0 Å². The number of hydrogen-bond acceptors (Lipinski definition) is 3. The van der Waals surface area contributed by atoms with E-state index in [1.807, 2.05) is 30.5 Å². The third kappa shape index (κ3) is 2.82. The molecule has 3 nitrogen and oxygen atoms in total. The Morgan fingerprint density at radius 3 is 2.76 bits per heavy atom. The van der Waals surface area contributed by atoms with Crippen LogP contribution >= 0.6 is 11.8 Å². The smallest absolute Gasteiger partial charge is 0.252 e. The van der Waals surface area contributed by atoms with Crippen LogP contribution in [0.25, 0.3) is 0 Å². The van der Waals surface area contributed by atoms with Gasteiger partial charge >= 0.3 is 0 Å². The molecule has 1 saturated carbocycles. The third-order valence-electron chi connectivity index (χ3n) is 3.27. The summed E-state index contributed by atoms with van der Waals surface area (Å²) in [5.41, 5.74) is 0.679. The van der Waals surface area contributed by atoms with E-state index in [1.165, 1.54) is 0 Å². The lowest BCUT2D eigenvalue weighted by atomic mass is 10.1. The topological polar surface area (TPSA) is 49.3 Å². The van der Waals surface area contributed by atoms with Gasteiger partial charge in [-0.3, -0.25) is 4.79 Å². The average Bonchev–Trinajstić information content (AvgIpc) is 3.16. The van der Waals surface area contributed by atoms with Crippen LogP contribution in [0.3, 0.4) is 0 Å². The number of hydrogen-bond donors (Lipinski definition) is 2. The quantitative estimate of drug-likeness (QED) is 0.786. The number of carbonyl (C=O) groups is 1. The van der Waals surface area contributed by atoms with Gasteiger partial charge in [0.1, 0.15) is 0 Å². The number of nitrogens with one attached hydrogen (secondary N) is 1. The Morgan fingerprint density at radius 1 is 1.47 bits per heavy atom. The fourth-order valence-corrected chi connectivity index (χ4v) is 2.36. The summed E-state index contributed by atoms with van der Waals surface area (Å²) in [6, 6.07) is 7.57. The van der Waals surface area contributed by atoms with Crippen molar-refractivity contribution in [2.75, 3.05) is 19.4 Å². The predicted molar refractivity (Wildman–Crippen MR) is 69.3 cm³/mol. The van der Waals surface area contributed by atoms with Crippen LogP contribution in [-0.2, 0) is 0 Å². The van der Waals surface area contributed by atoms with Gasteiger partial charge < -0.3 is 10.4 Å². The number of carbonyl (C=O) groups excluding carboxylic acids is 1. The Bertz CT molecular complexity index is 416. The van der Waals surface area contributed by atoms with Crippen LogP contribution in [0.4, 0.5) is 0 Å². The molecule has 1 amide bonds. The van der Waals surface area contributed by atoms with Gasteiger partial charge in [0, 0.05) is 16.9 Å². The van der Waals surface area contributed by atoms with Gasteiger partial charge in [-0.15, -0.1) is 11.8 Å². The summed E-state index contributed by atoms with van der Waals surface area (Å²) in [6.45, 7) is 0.739. The standard InChI is InChI=1S/C13H17NO2S/c1-17-11-5-3-2-4-10(11)12(16)14-8-13(9-15)6-7-13/h2-5,15H,6-9H2,1H3,(H,14,16). The molecule has 1 fully saturated rings. The second kappa shape index (κ2) is 5.10. The summed E-state index contributed by atoms with van der Waals surface area (Å²) in [4.78, 5) is 13.0. The fraction of sp³-hybridized carbons (Fsp3) is 0.462. The molecule has 0 radical (unpaired) electrons. The Hall–Kier alpha value is -1.00. The summed E-state index contributed by atoms with van der Waals surface area (Å²) in [7, 11) is 0. The molecule has 0 aliphatic heterocycles. The minimum atomic E-state index is -0.0466. The molecular formula is C13H17NO2S. The van der Waals surface area contributed by atoms with Crippen molar-refractivity contribution in [1.82, 2.24) is 5.32 Å². The Balaban J connectivity index is 1.99. The third-order valence-corrected chi connectivity index (χ3v) is 4.06. The molecule has 17 heavy (non-hydrogen) atoms. The molecule has 1 aliphatic rings. The van der Waals surface area contributed by atoms with Gasteiger partial charge in [0.15, 0.2) is 0 Å². The largest absolute Gasteiger partial charge is 0.396 e. The summed E-state index contributed by atoms with van der Waals surface area (Å²) >= 11 is 1.57. The zero-order valence-corrected chi connectivity index (χ0v) is 10.7. The van der Waals surface area contributed by atoms with Gasteiger partial charge in [-0.05, 0) is 31.2 Å². The molecule has 0 atom stereocenters. The maximum Gasteiger partial charge on any atom is 0.252 e. The van der Waals surface area contributed by atoms with Crippen LogP contribution < -0.4 is 5.32 Å². The van der Waals surface area contributed by atoms with E-state index in [0.717, 1.165) is 17.7 Å². The predicted octanol–water partition coefficient (Wildman–Crippen LogP) is 1.91. The van der Waals surface area contributed by atoms with E-state index < -0.39 is 0 Å². The van der Waals surface area contributed by atoms with E-state index in [0.29, 0.717) is 12.1 Å². The molecule has 0 spiro atoms. The molecule has 2 N–H and O–H groups in total. The lowest BCUT2D eigenvalue weighted by molar-refractivity contribution is 0.0932. The molecule has 4 heteroatoms. The van der Waals surface area contributed by atoms with Gasteiger partial charge in [0.05, 0.1) is 12.2 Å². The zero-order valence-electron chi connectivity index (χ0n) is 9.90. The maximum absolute atomic E-state index is 12.0. The van der Waals surface area contributed by atoms with Crippen molar-refractivity contribution in [2.24, 2.45) is 5.41 Å². The first kappa shape index (κ1) is 12.5. The minimum Gasteiger partial charge on any atom is -0.396 e. The SMILES string of the molecule is CSc1ccccc1C(=O)NCC1(CO)CC1. The lowest BCUT2D eigenvalue weighted by Crippen LogP contribution is -2.32. The highest BCUT2D eigenvalue weighted by Crippen LogP contribution is 2.44. The normalized spacial score (nSPS) is 16.6. The molecular weight excluding hydrogens is 234 g/mol. The zero-order chi connectivity index (χ0) is 12.3. The first-order chi connectivity index (χ1) is 8.21. The summed E-state index contributed by atoms with van der Waals surface area (Å²) < 4.78 is 0. The van der Waals surface area contributed by atoms with Gasteiger partial charge in [-0.2, -0.15) is 0 Å². The van der Waals surface area contributed by atoms with Gasteiger partial charge in [-0.25, -0.2) is 0 Å². The van der Waals surface area contributed by atoms with E-state index in [-0.39, 0.29) is 17.9 Å². The number of amides is 1. The highest BCUT2D eigenvalue weighted by molar-refractivity contribution is 7.98. The number of thioether (sulfide) groups is 1. The van der Waals surface area contributed by atoms with Crippen LogP contribution in [0.2, 0.25) is 0 Å². The summed E-state index contributed by atoms with van der Waals surface area (Å²) in [5, 5.41) is 12.1. The lowest BCUT2D eigenvalue weighted by Gasteiger charge is -2.13. The Morgan fingerprint density at radius 2 is 2.18 bits per heavy atom. The molecule has 1 aromatic rings. The molecule has 0 unspecified atom stereocenters. The molecule has 2 rings (SSSR count). The van der Waals surface area contributed by atoms with E-state index in [1.54, 1.807) is 11.8 Å². The van der Waals surface area contributed by atoms with Crippen molar-refractivity contribution in [3.05, 3.63) is 29.8 Å². The van der Waals surface area contributed by atoms with E-state index in [4.69, 9.17) is 0 Å². The minimum absolute atomic E-state index is 0.0377. The van der Waals surface area contributed by atoms with Gasteiger partial charge in [0.25, 0.3) is 5.91 Å². The van der Waals surface area contributed by atoms with Crippen molar-refractivity contribution in [1.29, 1.82) is 0 Å². The van der Waals surface area contributed by atoms with Crippen molar-refractivity contribution in [3.8, 4) is 0 Å². The van der Waals surface area contributed by atoms with Crippen molar-refractivity contribution in [2.45, 2.75) is 17.7 Å². The molecule has 0 heterocycles. The Kier molecular flexibility index (Phi) is 3.74. The van der Waals surface area contributed by atoms with Crippen LogP contribution in [0.5, 0.6) is 0 Å². The highest BCUT2D eigenvalue weighted by Gasteiger charge is 2.42. The van der Waals surface area contributed by atoms with Crippen LogP contribution in [0.1, 0.15) is 23.2 Å². The van der Waals surface area contributed by atoms with Gasteiger partial charge in [0.2, 0.25) is 0 Å². The number of aliphatic hydroxyl groups is 1. The monoisotopic (exact) mass is 251 g/mol. The molecule has 0 aromatic heterocycles. The first-order valence-corrected chi connectivity index (χ1v) is 6.95. The first-order valence-electron chi connectivity index (χ1n) is 5.73. The van der Waals surface area contributed by atoms with Crippen molar-refractivity contribution >= 4 is 17.7 Å². The van der Waals surface area contributed by atoms with E-state index in [9.17, 15) is 9.90 Å². The number of aliphatic hydroxyl groups excluding tert-OH is 1. The second-order valence-corrected chi connectivity index (χ2v) is 5.39. The molecule has 1 aromatic carbocycles. The molecule has 0 saturated heterocycles. The second-order valence-electron chi connectivity index (χ2n) is 4.54. The van der Waals surface area contributed by atoms with Crippen molar-refractivity contribution < 1.29 is 9.90 Å². The van der Waals surface area contributed by atoms with E-state index in [2.05, 4.69) is 5.32 Å². The average molecular weight is 251 g/mol. The van der Waals surface area contributed by atoms with E-state index >= 15 is 0 Å². The fourth-order valence-electron chi connectivity index (χ4n) is 1.76. The molecule has 1 aliphatic carbocycles. The van der Waals surface area contributed by atoms with Crippen LogP contribution in [0, 0.1) is 5.41 Å². The number of rotatable bonds is 5. The number of benzene rings is 1. The molecule has 0 bridgehead atoms. The molecule has 92 valence electrons. The highest BCUT2D eigenvalue weighted by atomic mass is 32.2. The summed E-state index contributed by atoms with van der Waals surface area (Å²) in [5.74, 6) is -0.0466. The van der Waals surface area contributed by atoms with Gasteiger partial charge in [-0.1, -0.05) is 12.1 Å².